The Morgan fingerprint density at radius 1 is 1.21 bits per heavy atom. The summed E-state index contributed by atoms with van der Waals surface area (Å²) in [5.41, 5.74) is 2.06. The lowest BCUT2D eigenvalue weighted by atomic mass is 9.87. The zero-order valence-corrected chi connectivity index (χ0v) is 14.1. The third kappa shape index (κ3) is 3.22. The molecule has 0 amide bonds. The Kier molecular flexibility index (Phi) is 4.45. The summed E-state index contributed by atoms with van der Waals surface area (Å²) in [6, 6.07) is 9.25. The summed E-state index contributed by atoms with van der Waals surface area (Å²) in [6.45, 7) is 1.76. The van der Waals surface area contributed by atoms with Gasteiger partial charge in [0.2, 0.25) is 0 Å². The van der Waals surface area contributed by atoms with Crippen molar-refractivity contribution in [2.45, 2.75) is 13.0 Å². The van der Waals surface area contributed by atoms with Gasteiger partial charge in [0.05, 0.1) is 11.5 Å². The number of carbonyl (C=O) groups excluding carboxylic acids is 1. The van der Waals surface area contributed by atoms with Crippen LogP contribution in [-0.4, -0.2) is 24.1 Å². The fraction of sp³-hybridized carbons (Fsp3) is 0.235. The standard InChI is InChI=1S/C17H17O6P/c1-11-15(23-24(19,20)21-2)9-8-13-10-14(17(18)22-16(11)13)12-6-4-3-5-7-12/h3-11,16H,1-2H3,(H,19,20). The van der Waals surface area contributed by atoms with Crippen molar-refractivity contribution in [1.29, 1.82) is 0 Å². The Morgan fingerprint density at radius 2 is 1.92 bits per heavy atom. The van der Waals surface area contributed by atoms with E-state index in [9.17, 15) is 14.3 Å². The molecule has 0 saturated carbocycles. The van der Waals surface area contributed by atoms with Crippen LogP contribution < -0.4 is 0 Å². The fourth-order valence-electron chi connectivity index (χ4n) is 2.67. The lowest BCUT2D eigenvalue weighted by molar-refractivity contribution is -0.142. The first-order valence-electron chi connectivity index (χ1n) is 7.39. The number of carbonyl (C=O) groups is 1. The summed E-state index contributed by atoms with van der Waals surface area (Å²) in [5.74, 6) is -0.602. The monoisotopic (exact) mass is 348 g/mol. The Morgan fingerprint density at radius 3 is 2.58 bits per heavy atom. The predicted octanol–water partition coefficient (Wildman–Crippen LogP) is 3.22. The number of esters is 1. The minimum Gasteiger partial charge on any atom is -0.453 e. The molecule has 0 fully saturated rings. The molecule has 3 unspecified atom stereocenters. The molecule has 0 bridgehead atoms. The first-order chi connectivity index (χ1) is 11.4. The summed E-state index contributed by atoms with van der Waals surface area (Å²) >= 11 is 0. The van der Waals surface area contributed by atoms with Crippen LogP contribution in [0.2, 0.25) is 0 Å². The summed E-state index contributed by atoms with van der Waals surface area (Å²) in [4.78, 5) is 21.8. The van der Waals surface area contributed by atoms with E-state index < -0.39 is 25.8 Å². The molecule has 6 nitrogen and oxygen atoms in total. The van der Waals surface area contributed by atoms with E-state index in [2.05, 4.69) is 4.52 Å². The molecule has 126 valence electrons. The number of fused-ring (bicyclic) bond motifs is 1. The van der Waals surface area contributed by atoms with E-state index in [-0.39, 0.29) is 5.76 Å². The molecule has 1 aliphatic carbocycles. The minimum absolute atomic E-state index is 0.237. The maximum atomic E-state index is 12.3. The van der Waals surface area contributed by atoms with Gasteiger partial charge in [-0.2, -0.15) is 0 Å². The largest absolute Gasteiger partial charge is 0.526 e. The van der Waals surface area contributed by atoms with Gasteiger partial charge in [-0.1, -0.05) is 43.3 Å². The summed E-state index contributed by atoms with van der Waals surface area (Å²) in [5, 5.41) is 0. The number of allylic oxidation sites excluding steroid dienone is 2. The van der Waals surface area contributed by atoms with Crippen LogP contribution >= 0.6 is 7.82 Å². The molecule has 1 aliphatic heterocycles. The van der Waals surface area contributed by atoms with E-state index >= 15 is 0 Å². The quantitative estimate of drug-likeness (QED) is 0.665. The third-order valence-electron chi connectivity index (χ3n) is 3.97. The molecule has 24 heavy (non-hydrogen) atoms. The van der Waals surface area contributed by atoms with Gasteiger partial charge >= 0.3 is 13.8 Å². The van der Waals surface area contributed by atoms with Crippen LogP contribution in [0.25, 0.3) is 5.57 Å². The van der Waals surface area contributed by atoms with E-state index in [1.807, 2.05) is 30.3 Å². The highest BCUT2D eigenvalue weighted by atomic mass is 31.2. The van der Waals surface area contributed by atoms with Crippen molar-refractivity contribution in [3.05, 3.63) is 65.5 Å². The highest BCUT2D eigenvalue weighted by Gasteiger charge is 2.37. The molecule has 1 aromatic rings. The van der Waals surface area contributed by atoms with Crippen LogP contribution in [0.15, 0.2) is 59.9 Å². The Labute approximate surface area is 139 Å². The summed E-state index contributed by atoms with van der Waals surface area (Å²) < 4.78 is 26.6. The number of benzene rings is 1. The van der Waals surface area contributed by atoms with E-state index in [4.69, 9.17) is 9.26 Å². The number of hydrogen-bond acceptors (Lipinski definition) is 5. The molecule has 0 saturated heterocycles. The SMILES string of the molecule is COP(=O)(O)OC1=CC=C2C=C(c3ccccc3)C(=O)OC2C1C. The van der Waals surface area contributed by atoms with Crippen molar-refractivity contribution in [2.24, 2.45) is 5.92 Å². The van der Waals surface area contributed by atoms with Gasteiger partial charge in [-0.25, -0.2) is 9.36 Å². The molecule has 0 radical (unpaired) electrons. The molecule has 1 aromatic carbocycles. The van der Waals surface area contributed by atoms with Crippen LogP contribution in [0.4, 0.5) is 0 Å². The molecule has 0 spiro atoms. The minimum atomic E-state index is -4.16. The Hall–Kier alpha value is -2.14. The van der Waals surface area contributed by atoms with Crippen molar-refractivity contribution < 1.29 is 28.0 Å². The van der Waals surface area contributed by atoms with Crippen molar-refractivity contribution in [3.63, 3.8) is 0 Å². The lowest BCUT2D eigenvalue weighted by Gasteiger charge is -2.33. The maximum absolute atomic E-state index is 12.3. The van der Waals surface area contributed by atoms with E-state index in [0.717, 1.165) is 18.2 Å². The maximum Gasteiger partial charge on any atom is 0.526 e. The van der Waals surface area contributed by atoms with Gasteiger partial charge in [-0.05, 0) is 23.3 Å². The average Bonchev–Trinajstić information content (AvgIpc) is 2.58. The normalized spacial score (nSPS) is 25.5. The fourth-order valence-corrected chi connectivity index (χ4v) is 3.24. The van der Waals surface area contributed by atoms with Gasteiger partial charge in [-0.15, -0.1) is 0 Å². The molecule has 1 N–H and O–H groups in total. The molecule has 2 aliphatic rings. The van der Waals surface area contributed by atoms with Crippen molar-refractivity contribution in [3.8, 4) is 0 Å². The van der Waals surface area contributed by atoms with Gasteiger partial charge in [0.1, 0.15) is 11.9 Å². The molecular formula is C17H17O6P. The number of hydrogen-bond donors (Lipinski definition) is 1. The second-order valence-corrected chi connectivity index (χ2v) is 7.00. The first-order valence-corrected chi connectivity index (χ1v) is 8.89. The zero-order valence-electron chi connectivity index (χ0n) is 13.2. The van der Waals surface area contributed by atoms with Crippen LogP contribution in [0.5, 0.6) is 0 Å². The van der Waals surface area contributed by atoms with Gasteiger partial charge in [0.25, 0.3) is 0 Å². The van der Waals surface area contributed by atoms with E-state index in [1.165, 1.54) is 0 Å². The Bertz CT molecular complexity index is 793. The van der Waals surface area contributed by atoms with Gasteiger partial charge in [0, 0.05) is 7.11 Å². The number of ether oxygens (including phenoxy) is 1. The topological polar surface area (TPSA) is 82.1 Å². The number of phosphoric acid groups is 1. The second kappa shape index (κ2) is 6.40. The first kappa shape index (κ1) is 16.7. The summed E-state index contributed by atoms with van der Waals surface area (Å²) in [6.07, 6.45) is 4.52. The smallest absolute Gasteiger partial charge is 0.453 e. The Balaban J connectivity index is 1.94. The van der Waals surface area contributed by atoms with E-state index in [1.54, 1.807) is 25.2 Å². The van der Waals surface area contributed by atoms with Crippen molar-refractivity contribution in [1.82, 2.24) is 0 Å². The number of rotatable bonds is 4. The van der Waals surface area contributed by atoms with Crippen LogP contribution in [0.1, 0.15) is 12.5 Å². The van der Waals surface area contributed by atoms with Crippen LogP contribution in [-0.2, 0) is 23.1 Å². The van der Waals surface area contributed by atoms with Gasteiger partial charge in [-0.3, -0.25) is 9.42 Å². The molecule has 3 rings (SSSR count). The molecule has 1 heterocycles. The predicted molar refractivity (Wildman–Crippen MR) is 87.5 cm³/mol. The van der Waals surface area contributed by atoms with Crippen LogP contribution in [0.3, 0.4) is 0 Å². The lowest BCUT2D eigenvalue weighted by Crippen LogP contribution is -2.33. The number of phosphoric ester groups is 1. The summed E-state index contributed by atoms with van der Waals surface area (Å²) in [7, 11) is -3.07. The second-order valence-electron chi connectivity index (χ2n) is 5.52. The van der Waals surface area contributed by atoms with Gasteiger partial charge < -0.3 is 9.26 Å². The molecule has 0 aromatic heterocycles. The highest BCUT2D eigenvalue weighted by molar-refractivity contribution is 7.47. The zero-order chi connectivity index (χ0) is 17.3. The van der Waals surface area contributed by atoms with Gasteiger partial charge in [0.15, 0.2) is 0 Å². The molecular weight excluding hydrogens is 331 g/mol. The third-order valence-corrected chi connectivity index (χ3v) is 4.88. The highest BCUT2D eigenvalue weighted by Crippen LogP contribution is 2.48. The average molecular weight is 348 g/mol. The molecule has 7 heteroatoms. The van der Waals surface area contributed by atoms with Crippen LogP contribution in [0, 0.1) is 5.92 Å². The van der Waals surface area contributed by atoms with E-state index in [0.29, 0.717) is 5.57 Å². The molecule has 3 atom stereocenters. The van der Waals surface area contributed by atoms with Crippen molar-refractivity contribution >= 4 is 19.4 Å². The van der Waals surface area contributed by atoms with Crippen molar-refractivity contribution in [2.75, 3.05) is 7.11 Å².